The number of amides is 1. The van der Waals surface area contributed by atoms with Gasteiger partial charge < -0.3 is 20.9 Å². The minimum atomic E-state index is -0.181. The number of piperidine rings is 2. The quantitative estimate of drug-likeness (QED) is 0.548. The molecule has 3 saturated heterocycles. The van der Waals surface area contributed by atoms with Gasteiger partial charge in [-0.2, -0.15) is 0 Å². The second-order valence-electron chi connectivity index (χ2n) is 12.4. The third-order valence-electron chi connectivity index (χ3n) is 9.67. The lowest BCUT2D eigenvalue weighted by Crippen LogP contribution is -2.51. The van der Waals surface area contributed by atoms with Crippen LogP contribution in [0.25, 0.3) is 10.2 Å². The number of aliphatic imine (C=N–C) groups is 1. The molecule has 6 rings (SSSR count). The summed E-state index contributed by atoms with van der Waals surface area (Å²) in [6, 6.07) is 7.04. The molecule has 4 aliphatic heterocycles. The van der Waals surface area contributed by atoms with Crippen LogP contribution in [0.15, 0.2) is 23.2 Å². The van der Waals surface area contributed by atoms with E-state index in [0.717, 1.165) is 50.2 Å². The summed E-state index contributed by atoms with van der Waals surface area (Å²) in [6.07, 6.45) is 5.07. The fraction of sp³-hybridized carbons (Fsp3) is 0.710. The molecule has 0 radical (unpaired) electrons. The van der Waals surface area contributed by atoms with Crippen LogP contribution in [0.2, 0.25) is 0 Å². The molecule has 7 atom stereocenters. The Morgan fingerprint density at radius 2 is 1.82 bits per heavy atom. The smallest absolute Gasteiger partial charge is 0.240 e. The van der Waals surface area contributed by atoms with Crippen molar-refractivity contribution in [3.8, 4) is 0 Å². The van der Waals surface area contributed by atoms with Crippen LogP contribution in [0.4, 0.5) is 0 Å². The SMILES string of the molecule is CC.CC1CC2NC(C(=O)N3CC(C)[C@H](C)C[C@@H]3c3ccc4sc(C5CCN(C)CC5)nc4c3)CC2N=C1N. The van der Waals surface area contributed by atoms with Gasteiger partial charge in [0.05, 0.1) is 39.2 Å². The normalized spacial score (nSPS) is 33.8. The van der Waals surface area contributed by atoms with Crippen LogP contribution in [0, 0.1) is 17.8 Å². The van der Waals surface area contributed by atoms with Crippen molar-refractivity contribution in [2.45, 2.75) is 96.8 Å². The molecule has 8 heteroatoms. The van der Waals surface area contributed by atoms with Crippen molar-refractivity contribution in [3.05, 3.63) is 28.8 Å². The number of hydrogen-bond acceptors (Lipinski definition) is 7. The Morgan fingerprint density at radius 1 is 1.08 bits per heavy atom. The van der Waals surface area contributed by atoms with Gasteiger partial charge >= 0.3 is 0 Å². The molecule has 3 fully saturated rings. The highest BCUT2D eigenvalue weighted by Crippen LogP contribution is 2.41. The summed E-state index contributed by atoms with van der Waals surface area (Å²) in [7, 11) is 2.21. The van der Waals surface area contributed by atoms with Crippen molar-refractivity contribution in [2.75, 3.05) is 26.7 Å². The van der Waals surface area contributed by atoms with Crippen LogP contribution in [0.1, 0.15) is 89.3 Å². The number of likely N-dealkylation sites (tertiary alicyclic amines) is 2. The molecule has 2 aromatic rings. The van der Waals surface area contributed by atoms with Gasteiger partial charge in [0.2, 0.25) is 5.91 Å². The van der Waals surface area contributed by atoms with Crippen molar-refractivity contribution in [1.82, 2.24) is 20.1 Å². The lowest BCUT2D eigenvalue weighted by Gasteiger charge is -2.43. The van der Waals surface area contributed by atoms with E-state index in [1.54, 1.807) is 0 Å². The van der Waals surface area contributed by atoms with E-state index >= 15 is 0 Å². The number of thiazole rings is 1. The number of nitrogens with zero attached hydrogens (tertiary/aromatic N) is 4. The van der Waals surface area contributed by atoms with E-state index in [9.17, 15) is 4.79 Å². The average Bonchev–Trinajstić information content (AvgIpc) is 3.55. The molecule has 0 saturated carbocycles. The molecule has 1 amide bonds. The fourth-order valence-electron chi connectivity index (χ4n) is 6.89. The Kier molecular flexibility index (Phi) is 8.65. The number of rotatable bonds is 3. The number of nitrogens with two attached hydrogens (primary N) is 1. The predicted molar refractivity (Wildman–Crippen MR) is 162 cm³/mol. The number of benzene rings is 1. The minimum absolute atomic E-state index is 0.0912. The second kappa shape index (κ2) is 11.8. The molecule has 0 bridgehead atoms. The second-order valence-corrected chi connectivity index (χ2v) is 13.4. The first-order valence-electron chi connectivity index (χ1n) is 15.3. The zero-order valence-corrected chi connectivity index (χ0v) is 25.5. The zero-order valence-electron chi connectivity index (χ0n) is 24.7. The van der Waals surface area contributed by atoms with E-state index in [0.29, 0.717) is 17.8 Å². The number of amidine groups is 1. The maximum Gasteiger partial charge on any atom is 0.240 e. The Morgan fingerprint density at radius 3 is 2.56 bits per heavy atom. The van der Waals surface area contributed by atoms with Gasteiger partial charge in [0.25, 0.3) is 0 Å². The third-order valence-corrected chi connectivity index (χ3v) is 10.9. The molecule has 1 aromatic heterocycles. The summed E-state index contributed by atoms with van der Waals surface area (Å²) in [5, 5.41) is 4.93. The minimum Gasteiger partial charge on any atom is -0.387 e. The average molecular weight is 553 g/mol. The lowest BCUT2D eigenvalue weighted by atomic mass is 9.81. The molecule has 4 aliphatic rings. The van der Waals surface area contributed by atoms with E-state index in [1.165, 1.54) is 28.1 Å². The first-order chi connectivity index (χ1) is 18.8. The van der Waals surface area contributed by atoms with Crippen LogP contribution < -0.4 is 11.1 Å². The zero-order chi connectivity index (χ0) is 27.8. The van der Waals surface area contributed by atoms with Crippen LogP contribution in [0.3, 0.4) is 0 Å². The molecule has 214 valence electrons. The van der Waals surface area contributed by atoms with Gasteiger partial charge in [0.1, 0.15) is 0 Å². The molecule has 0 aliphatic carbocycles. The molecule has 3 N–H and O–H groups in total. The molecule has 7 nitrogen and oxygen atoms in total. The number of nitrogens with one attached hydrogen (secondary N) is 1. The monoisotopic (exact) mass is 552 g/mol. The molecule has 39 heavy (non-hydrogen) atoms. The number of carbonyl (C=O) groups excluding carboxylic acids is 1. The van der Waals surface area contributed by atoms with Crippen molar-refractivity contribution in [3.63, 3.8) is 0 Å². The maximum absolute atomic E-state index is 14.0. The molecule has 0 spiro atoms. The highest BCUT2D eigenvalue weighted by Gasteiger charge is 2.44. The van der Waals surface area contributed by atoms with E-state index in [2.05, 4.69) is 61.1 Å². The summed E-state index contributed by atoms with van der Waals surface area (Å²) in [4.78, 5) is 28.4. The standard InChI is InChI=1S/C29H42N6OS.C2H6/c1-16-12-25(20-5-6-26-23(13-20)33-28(37-26)19-7-9-34(4)10-8-19)35(15-18(16)3)29(36)24-14-22-21(31-24)11-17(2)27(30)32-22;1-2/h5-6,13,16-19,21-22,24-25,31H,7-12,14-15H2,1-4H3,(H2,30,32);1-2H3/t16-,17?,18?,21?,22?,24?,25-;/m1./s1. The van der Waals surface area contributed by atoms with Gasteiger partial charge in [-0.05, 0) is 81.8 Å². The summed E-state index contributed by atoms with van der Waals surface area (Å²) in [5.41, 5.74) is 8.47. The highest BCUT2D eigenvalue weighted by molar-refractivity contribution is 7.18. The largest absolute Gasteiger partial charge is 0.387 e. The van der Waals surface area contributed by atoms with Crippen molar-refractivity contribution >= 4 is 33.3 Å². The Bertz CT molecular complexity index is 1190. The summed E-state index contributed by atoms with van der Waals surface area (Å²) >= 11 is 1.86. The number of fused-ring (bicyclic) bond motifs is 2. The Hall–Kier alpha value is -2.03. The first-order valence-corrected chi connectivity index (χ1v) is 16.1. The van der Waals surface area contributed by atoms with Crippen molar-refractivity contribution < 1.29 is 4.79 Å². The van der Waals surface area contributed by atoms with Gasteiger partial charge in [-0.15, -0.1) is 11.3 Å². The number of carbonyl (C=O) groups is 1. The lowest BCUT2D eigenvalue weighted by molar-refractivity contribution is -0.139. The summed E-state index contributed by atoms with van der Waals surface area (Å²) in [5.74, 6) is 2.86. The van der Waals surface area contributed by atoms with Gasteiger partial charge in [0.15, 0.2) is 0 Å². The first kappa shape index (κ1) is 28.5. The van der Waals surface area contributed by atoms with Gasteiger partial charge in [-0.1, -0.05) is 40.7 Å². The number of aromatic nitrogens is 1. The van der Waals surface area contributed by atoms with Crippen molar-refractivity contribution in [2.24, 2.45) is 28.5 Å². The summed E-state index contributed by atoms with van der Waals surface area (Å²) in [6.45, 7) is 13.8. The van der Waals surface area contributed by atoms with Crippen LogP contribution >= 0.6 is 11.3 Å². The molecular weight excluding hydrogens is 504 g/mol. The van der Waals surface area contributed by atoms with E-state index in [-0.39, 0.29) is 36.0 Å². The maximum atomic E-state index is 14.0. The topological polar surface area (TPSA) is 86.9 Å². The van der Waals surface area contributed by atoms with E-state index < -0.39 is 0 Å². The molecule has 5 unspecified atom stereocenters. The Labute approximate surface area is 238 Å². The van der Waals surface area contributed by atoms with Gasteiger partial charge in [-0.25, -0.2) is 4.98 Å². The molecule has 1 aromatic carbocycles. The van der Waals surface area contributed by atoms with Crippen LogP contribution in [0.5, 0.6) is 0 Å². The summed E-state index contributed by atoms with van der Waals surface area (Å²) < 4.78 is 1.26. The number of hydrogen-bond donors (Lipinski definition) is 2. The van der Waals surface area contributed by atoms with Crippen LogP contribution in [-0.2, 0) is 4.79 Å². The van der Waals surface area contributed by atoms with Gasteiger partial charge in [-0.3, -0.25) is 9.79 Å². The molecular formula is C31H48N6OS. The Balaban J connectivity index is 0.00000151. The predicted octanol–water partition coefficient (Wildman–Crippen LogP) is 5.17. The third kappa shape index (κ3) is 5.75. The van der Waals surface area contributed by atoms with E-state index in [4.69, 9.17) is 15.7 Å². The highest BCUT2D eigenvalue weighted by atomic mass is 32.1. The van der Waals surface area contributed by atoms with Crippen molar-refractivity contribution in [1.29, 1.82) is 0 Å². The van der Waals surface area contributed by atoms with Crippen LogP contribution in [-0.4, -0.2) is 71.3 Å². The fourth-order valence-corrected chi connectivity index (χ4v) is 8.01. The molecule has 5 heterocycles. The van der Waals surface area contributed by atoms with E-state index in [1.807, 2.05) is 25.2 Å². The van der Waals surface area contributed by atoms with Gasteiger partial charge in [0, 0.05) is 24.4 Å².